The van der Waals surface area contributed by atoms with Crippen LogP contribution in [0.2, 0.25) is 0 Å². The Bertz CT molecular complexity index is 366. The van der Waals surface area contributed by atoms with Crippen molar-refractivity contribution < 1.29 is 18.3 Å². The Morgan fingerprint density at radius 2 is 2.00 bits per heavy atom. The van der Waals surface area contributed by atoms with Crippen molar-refractivity contribution in [3.8, 4) is 0 Å². The normalized spacial score (nSPS) is 14.1. The summed E-state index contributed by atoms with van der Waals surface area (Å²) in [6.07, 6.45) is -5.36. The molecule has 1 atom stereocenters. The molecule has 2 N–H and O–H groups in total. The molecule has 0 saturated heterocycles. The standard InChI is InChI=1S/C11H15F3N2O/c1-16(2)15-7-10(17)8-4-3-5-9(6-8)11(12,13)14/h3-6,10,15,17H,7H2,1-2H3. The Kier molecular flexibility index (Phi) is 4.50. The van der Waals surface area contributed by atoms with Gasteiger partial charge in [0.05, 0.1) is 11.7 Å². The Morgan fingerprint density at radius 1 is 1.35 bits per heavy atom. The van der Waals surface area contributed by atoms with Crippen molar-refractivity contribution >= 4 is 0 Å². The molecule has 0 spiro atoms. The molecule has 0 amide bonds. The SMILES string of the molecule is CN(C)NCC(O)c1cccc(C(F)(F)F)c1. The molecule has 1 aromatic rings. The number of nitrogens with zero attached hydrogens (tertiary/aromatic N) is 1. The molecule has 0 radical (unpaired) electrons. The van der Waals surface area contributed by atoms with E-state index in [9.17, 15) is 18.3 Å². The summed E-state index contributed by atoms with van der Waals surface area (Å²) in [6, 6.07) is 4.70. The van der Waals surface area contributed by atoms with Crippen molar-refractivity contribution in [2.24, 2.45) is 0 Å². The molecule has 0 aliphatic heterocycles. The lowest BCUT2D eigenvalue weighted by Gasteiger charge is -2.17. The Morgan fingerprint density at radius 3 is 2.53 bits per heavy atom. The second kappa shape index (κ2) is 5.48. The molecule has 3 nitrogen and oxygen atoms in total. The number of hydrogen-bond acceptors (Lipinski definition) is 3. The third-order valence-electron chi connectivity index (χ3n) is 2.20. The molecule has 1 aromatic carbocycles. The van der Waals surface area contributed by atoms with Crippen LogP contribution < -0.4 is 5.43 Å². The Labute approximate surface area is 97.8 Å². The zero-order chi connectivity index (χ0) is 13.1. The molecule has 1 rings (SSSR count). The van der Waals surface area contributed by atoms with Gasteiger partial charge in [-0.2, -0.15) is 13.2 Å². The summed E-state index contributed by atoms with van der Waals surface area (Å²) >= 11 is 0. The lowest BCUT2D eigenvalue weighted by atomic mass is 10.1. The molecule has 0 saturated carbocycles. The van der Waals surface area contributed by atoms with Crippen molar-refractivity contribution in [2.45, 2.75) is 12.3 Å². The second-order valence-electron chi connectivity index (χ2n) is 3.90. The number of alkyl halides is 3. The van der Waals surface area contributed by atoms with E-state index in [1.165, 1.54) is 12.1 Å². The predicted molar refractivity (Wildman–Crippen MR) is 58.1 cm³/mol. The average Bonchev–Trinajstić information content (AvgIpc) is 2.25. The van der Waals surface area contributed by atoms with Crippen molar-refractivity contribution in [1.82, 2.24) is 10.4 Å². The van der Waals surface area contributed by atoms with Crippen LogP contribution in [0.5, 0.6) is 0 Å². The topological polar surface area (TPSA) is 35.5 Å². The maximum absolute atomic E-state index is 12.4. The van der Waals surface area contributed by atoms with E-state index >= 15 is 0 Å². The fourth-order valence-electron chi connectivity index (χ4n) is 1.31. The molecule has 0 aliphatic rings. The highest BCUT2D eigenvalue weighted by Gasteiger charge is 2.30. The van der Waals surface area contributed by atoms with Crippen LogP contribution in [-0.2, 0) is 6.18 Å². The minimum atomic E-state index is -4.38. The fourth-order valence-corrected chi connectivity index (χ4v) is 1.31. The summed E-state index contributed by atoms with van der Waals surface area (Å²) < 4.78 is 37.3. The van der Waals surface area contributed by atoms with Gasteiger partial charge in [0.2, 0.25) is 0 Å². The molecule has 17 heavy (non-hydrogen) atoms. The van der Waals surface area contributed by atoms with Crippen LogP contribution >= 0.6 is 0 Å². The van der Waals surface area contributed by atoms with Gasteiger partial charge in [-0.25, -0.2) is 0 Å². The number of hydrazine groups is 1. The predicted octanol–water partition coefficient (Wildman–Crippen LogP) is 1.80. The number of aliphatic hydroxyl groups excluding tert-OH is 1. The highest BCUT2D eigenvalue weighted by Crippen LogP contribution is 2.30. The lowest BCUT2D eigenvalue weighted by molar-refractivity contribution is -0.137. The second-order valence-corrected chi connectivity index (χ2v) is 3.90. The number of halogens is 3. The summed E-state index contributed by atoms with van der Waals surface area (Å²) in [5.41, 5.74) is 2.30. The first kappa shape index (κ1) is 14.0. The first-order chi connectivity index (χ1) is 7.80. The van der Waals surface area contributed by atoms with Crippen LogP contribution in [0.25, 0.3) is 0 Å². The van der Waals surface area contributed by atoms with Crippen LogP contribution in [0.1, 0.15) is 17.2 Å². The van der Waals surface area contributed by atoms with Crippen molar-refractivity contribution in [1.29, 1.82) is 0 Å². The van der Waals surface area contributed by atoms with E-state index in [2.05, 4.69) is 5.43 Å². The first-order valence-corrected chi connectivity index (χ1v) is 5.07. The maximum atomic E-state index is 12.4. The Balaban J connectivity index is 2.77. The molecule has 0 heterocycles. The van der Waals surface area contributed by atoms with Crippen LogP contribution in [0.4, 0.5) is 13.2 Å². The van der Waals surface area contributed by atoms with Gasteiger partial charge < -0.3 is 5.11 Å². The van der Waals surface area contributed by atoms with Crippen LogP contribution in [0.15, 0.2) is 24.3 Å². The third-order valence-corrected chi connectivity index (χ3v) is 2.20. The highest BCUT2D eigenvalue weighted by molar-refractivity contribution is 5.27. The third kappa shape index (κ3) is 4.33. The summed E-state index contributed by atoms with van der Waals surface area (Å²) in [6.45, 7) is 0.161. The minimum absolute atomic E-state index is 0.161. The minimum Gasteiger partial charge on any atom is -0.387 e. The van der Waals surface area contributed by atoms with Gasteiger partial charge in [-0.3, -0.25) is 10.4 Å². The molecule has 0 aromatic heterocycles. The van der Waals surface area contributed by atoms with E-state index in [4.69, 9.17) is 0 Å². The van der Waals surface area contributed by atoms with Crippen molar-refractivity contribution in [2.75, 3.05) is 20.6 Å². The smallest absolute Gasteiger partial charge is 0.387 e. The van der Waals surface area contributed by atoms with Gasteiger partial charge in [-0.05, 0) is 17.7 Å². The molecular formula is C11H15F3N2O. The summed E-state index contributed by atoms with van der Waals surface area (Å²) in [4.78, 5) is 0. The van der Waals surface area contributed by atoms with Gasteiger partial charge in [-0.15, -0.1) is 0 Å². The van der Waals surface area contributed by atoms with Gasteiger partial charge >= 0.3 is 6.18 Å². The molecule has 0 fully saturated rings. The largest absolute Gasteiger partial charge is 0.416 e. The fraction of sp³-hybridized carbons (Fsp3) is 0.455. The van der Waals surface area contributed by atoms with E-state index < -0.39 is 17.8 Å². The molecule has 6 heteroatoms. The molecule has 1 unspecified atom stereocenters. The van der Waals surface area contributed by atoms with Gasteiger partial charge in [-0.1, -0.05) is 12.1 Å². The summed E-state index contributed by atoms with van der Waals surface area (Å²) in [5, 5.41) is 11.3. The van der Waals surface area contributed by atoms with E-state index in [0.29, 0.717) is 0 Å². The molecular weight excluding hydrogens is 233 g/mol. The zero-order valence-corrected chi connectivity index (χ0v) is 9.62. The monoisotopic (exact) mass is 248 g/mol. The van der Waals surface area contributed by atoms with E-state index in [0.717, 1.165) is 12.1 Å². The maximum Gasteiger partial charge on any atom is 0.416 e. The number of rotatable bonds is 4. The lowest BCUT2D eigenvalue weighted by Crippen LogP contribution is -2.34. The number of hydrogen-bond donors (Lipinski definition) is 2. The average molecular weight is 248 g/mol. The highest BCUT2D eigenvalue weighted by atomic mass is 19.4. The summed E-state index contributed by atoms with van der Waals surface area (Å²) in [7, 11) is 3.47. The first-order valence-electron chi connectivity index (χ1n) is 5.07. The van der Waals surface area contributed by atoms with Crippen molar-refractivity contribution in [3.63, 3.8) is 0 Å². The van der Waals surface area contributed by atoms with E-state index in [-0.39, 0.29) is 12.1 Å². The van der Waals surface area contributed by atoms with Gasteiger partial charge in [0.25, 0.3) is 0 Å². The molecule has 0 aliphatic carbocycles. The van der Waals surface area contributed by atoms with Gasteiger partial charge in [0.15, 0.2) is 0 Å². The van der Waals surface area contributed by atoms with E-state index in [1.54, 1.807) is 19.1 Å². The van der Waals surface area contributed by atoms with Crippen LogP contribution in [-0.4, -0.2) is 30.8 Å². The quantitative estimate of drug-likeness (QED) is 0.798. The Hall–Kier alpha value is -1.11. The molecule has 96 valence electrons. The van der Waals surface area contributed by atoms with E-state index in [1.807, 2.05) is 0 Å². The van der Waals surface area contributed by atoms with Crippen molar-refractivity contribution in [3.05, 3.63) is 35.4 Å². The van der Waals surface area contributed by atoms with Gasteiger partial charge in [0, 0.05) is 20.6 Å². The van der Waals surface area contributed by atoms with Gasteiger partial charge in [0.1, 0.15) is 0 Å². The number of nitrogens with one attached hydrogen (secondary N) is 1. The number of benzene rings is 1. The zero-order valence-electron chi connectivity index (χ0n) is 9.62. The number of aliphatic hydroxyl groups is 1. The van der Waals surface area contributed by atoms with Crippen LogP contribution in [0.3, 0.4) is 0 Å². The summed E-state index contributed by atoms with van der Waals surface area (Å²) in [5.74, 6) is 0. The molecule has 0 bridgehead atoms. The van der Waals surface area contributed by atoms with Crippen LogP contribution in [0, 0.1) is 0 Å².